The number of nitrogens with two attached hydrogens (primary N) is 1. The van der Waals surface area contributed by atoms with E-state index in [4.69, 9.17) is 20.4 Å². The number of rotatable bonds is 9. The van der Waals surface area contributed by atoms with E-state index in [1.165, 1.54) is 22.3 Å². The summed E-state index contributed by atoms with van der Waals surface area (Å²) < 4.78 is 6.01. The highest BCUT2D eigenvalue weighted by atomic mass is 32.1. The number of phenolic OH excluding ortho intramolecular Hbond substituents is 2. The van der Waals surface area contributed by atoms with Gasteiger partial charge in [-0.05, 0) is 52.6 Å². The Kier molecular flexibility index (Phi) is 11.5. The predicted octanol–water partition coefficient (Wildman–Crippen LogP) is 4.51. The number of anilines is 1. The van der Waals surface area contributed by atoms with Crippen molar-refractivity contribution in [2.75, 3.05) is 44.6 Å². The molecule has 5 N–H and O–H groups in total. The summed E-state index contributed by atoms with van der Waals surface area (Å²) in [5.74, 6) is -0.631. The number of likely N-dealkylation sites (tertiary alicyclic amines) is 1. The minimum Gasteiger partial charge on any atom is -0.508 e. The molecule has 2 fully saturated rings. The number of phenols is 2. The third-order valence-corrected chi connectivity index (χ3v) is 13.0. The van der Waals surface area contributed by atoms with Crippen LogP contribution in [-0.2, 0) is 52.2 Å². The van der Waals surface area contributed by atoms with E-state index in [0.29, 0.717) is 62.9 Å². The molecule has 5 heterocycles. The summed E-state index contributed by atoms with van der Waals surface area (Å²) in [4.78, 5) is 74.9. The summed E-state index contributed by atoms with van der Waals surface area (Å²) >= 11 is 1.34. The van der Waals surface area contributed by atoms with Crippen LogP contribution in [0.2, 0.25) is 0 Å². The number of thiazole rings is 1. The number of aryl methyl sites for hydroxylation is 2. The summed E-state index contributed by atoms with van der Waals surface area (Å²) in [6, 6.07) is 7.65. The molecule has 4 aromatic rings. The van der Waals surface area contributed by atoms with E-state index in [0.717, 1.165) is 50.8 Å². The van der Waals surface area contributed by atoms with Crippen molar-refractivity contribution in [3.05, 3.63) is 81.4 Å². The number of ether oxygens (including phenoxy) is 1. The Morgan fingerprint density at radius 2 is 1.70 bits per heavy atom. The van der Waals surface area contributed by atoms with E-state index in [1.807, 2.05) is 26.1 Å². The molecule has 1 aliphatic carbocycles. The van der Waals surface area contributed by atoms with Gasteiger partial charge in [0.2, 0.25) is 11.8 Å². The number of aromatic hydroxyl groups is 2. The topological polar surface area (TPSA) is 208 Å². The summed E-state index contributed by atoms with van der Waals surface area (Å²) in [6.45, 7) is 13.9. The van der Waals surface area contributed by atoms with Crippen LogP contribution in [0.1, 0.15) is 96.7 Å². The lowest BCUT2D eigenvalue weighted by Gasteiger charge is -2.35. The van der Waals surface area contributed by atoms with Crippen LogP contribution in [0, 0.1) is 0 Å². The lowest BCUT2D eigenvalue weighted by molar-refractivity contribution is -0.139. The van der Waals surface area contributed by atoms with E-state index < -0.39 is 24.1 Å². The quantitative estimate of drug-likeness (QED) is 0.184. The van der Waals surface area contributed by atoms with Gasteiger partial charge in [0.15, 0.2) is 5.13 Å². The van der Waals surface area contributed by atoms with E-state index in [-0.39, 0.29) is 59.8 Å². The second kappa shape index (κ2) is 16.7. The molecule has 16 nitrogen and oxygen atoms in total. The number of aromatic nitrogens is 3. The second-order valence-electron chi connectivity index (χ2n) is 17.8. The van der Waals surface area contributed by atoms with Crippen LogP contribution in [0.15, 0.2) is 36.5 Å². The lowest BCUT2D eigenvalue weighted by Crippen LogP contribution is -2.49. The fraction of sp³-hybridized carbons (Fsp3) is 0.477. The van der Waals surface area contributed by atoms with Crippen LogP contribution in [0.4, 0.5) is 9.93 Å². The number of fused-ring (bicyclic) bond motifs is 4. The fourth-order valence-corrected chi connectivity index (χ4v) is 9.54. The number of benzene rings is 2. The van der Waals surface area contributed by atoms with Gasteiger partial charge in [0, 0.05) is 76.5 Å². The summed E-state index contributed by atoms with van der Waals surface area (Å²) in [6.07, 6.45) is 2.97. The molecule has 8 rings (SSSR count). The van der Waals surface area contributed by atoms with Gasteiger partial charge in [0.05, 0.1) is 27.9 Å². The maximum atomic E-state index is 13.5. The zero-order chi connectivity index (χ0) is 43.3. The van der Waals surface area contributed by atoms with Crippen LogP contribution >= 0.6 is 11.3 Å². The molecule has 0 bridgehead atoms. The van der Waals surface area contributed by atoms with E-state index in [1.54, 1.807) is 15.9 Å². The first-order valence-electron chi connectivity index (χ1n) is 20.8. The molecule has 0 spiro atoms. The van der Waals surface area contributed by atoms with Gasteiger partial charge in [-0.2, -0.15) is 0 Å². The Balaban J connectivity index is 0.808. The van der Waals surface area contributed by atoms with Crippen LogP contribution in [0.25, 0.3) is 10.6 Å². The number of hydrogen-bond donors (Lipinski definition) is 4. The molecule has 5 amide bonds. The first-order chi connectivity index (χ1) is 29.0. The Labute approximate surface area is 358 Å². The lowest BCUT2D eigenvalue weighted by atomic mass is 9.94. The number of piperazine rings is 1. The zero-order valence-electron chi connectivity index (χ0n) is 35.2. The molecule has 322 valence electrons. The van der Waals surface area contributed by atoms with Gasteiger partial charge in [-0.25, -0.2) is 19.7 Å². The Morgan fingerprint density at radius 1 is 0.951 bits per heavy atom. The summed E-state index contributed by atoms with van der Waals surface area (Å²) in [5.41, 5.74) is 12.3. The van der Waals surface area contributed by atoms with Gasteiger partial charge < -0.3 is 35.4 Å². The third-order valence-electron chi connectivity index (χ3n) is 12.0. The first kappa shape index (κ1) is 42.1. The van der Waals surface area contributed by atoms with Crippen molar-refractivity contribution in [3.8, 4) is 22.1 Å². The molecule has 2 aromatic heterocycles. The first-order valence-corrected chi connectivity index (χ1v) is 21.6. The highest BCUT2D eigenvalue weighted by Gasteiger charge is 2.40. The number of amides is 5. The molecular formula is C44H53N9O7S. The van der Waals surface area contributed by atoms with Gasteiger partial charge >= 0.3 is 6.03 Å². The molecule has 17 heteroatoms. The molecule has 3 aliphatic heterocycles. The van der Waals surface area contributed by atoms with Crippen molar-refractivity contribution in [3.63, 3.8) is 0 Å². The average Bonchev–Trinajstić information content (AvgIpc) is 3.96. The van der Waals surface area contributed by atoms with Crippen LogP contribution < -0.4 is 11.1 Å². The number of urea groups is 1. The maximum absolute atomic E-state index is 13.5. The fourth-order valence-electron chi connectivity index (χ4n) is 8.52. The van der Waals surface area contributed by atoms with Gasteiger partial charge in [0.1, 0.15) is 30.0 Å². The average molecular weight is 852 g/mol. The summed E-state index contributed by atoms with van der Waals surface area (Å²) in [7, 11) is 0. The van der Waals surface area contributed by atoms with Gasteiger partial charge in [-0.1, -0.05) is 64.2 Å². The standard InChI is InChI=1S/C44H53N9O7S/c1-24(2)30-16-31(35(55)17-34(30)54)40(58)52-20-27-7-6-25(14-28(27)21-52)19-50-10-12-51(13-11-50)36(56)23-60-29-15-33(39(45)57)53(22-29)43(59)49-42-47-32-9-8-26-18-46-41(44(3,4)5)48-37(26)38(32)61-42/h6-7,14,16-18,24,29,33,54-55H,8-13,15,19-23H2,1-5H3,(H2,45,57)(H,47,49,59)/t29-,33-/m0/s1. The normalized spacial score (nSPS) is 18.9. The molecule has 0 unspecified atom stereocenters. The SMILES string of the molecule is CC(C)c1cc(C(=O)N2Cc3ccc(CN4CCN(C(=O)CO[C@H]5C[C@@H](C(N)=O)N(C(=O)Nc6nc7c(s6)-c6nc(C(C)(C)C)ncc6CC7)C5)CC4)cc3C2)c(O)cc1O. The van der Waals surface area contributed by atoms with Gasteiger partial charge in [-0.15, -0.1) is 0 Å². The van der Waals surface area contributed by atoms with Crippen molar-refractivity contribution in [2.45, 2.75) is 97.0 Å². The molecule has 0 saturated carbocycles. The Morgan fingerprint density at radius 3 is 2.43 bits per heavy atom. The van der Waals surface area contributed by atoms with Crippen molar-refractivity contribution in [1.29, 1.82) is 0 Å². The summed E-state index contributed by atoms with van der Waals surface area (Å²) in [5, 5.41) is 24.0. The van der Waals surface area contributed by atoms with Gasteiger partial charge in [0.25, 0.3) is 5.91 Å². The highest BCUT2D eigenvalue weighted by molar-refractivity contribution is 7.19. The predicted molar refractivity (Wildman–Crippen MR) is 228 cm³/mol. The minimum absolute atomic E-state index is 0.0112. The minimum atomic E-state index is -0.894. The number of carbonyl (C=O) groups excluding carboxylic acids is 4. The van der Waals surface area contributed by atoms with Crippen LogP contribution in [0.5, 0.6) is 11.5 Å². The van der Waals surface area contributed by atoms with Crippen LogP contribution in [0.3, 0.4) is 0 Å². The van der Waals surface area contributed by atoms with E-state index in [9.17, 15) is 29.4 Å². The third kappa shape index (κ3) is 8.77. The largest absolute Gasteiger partial charge is 0.508 e. The molecule has 2 aromatic carbocycles. The van der Waals surface area contributed by atoms with Crippen molar-refractivity contribution >= 4 is 40.2 Å². The van der Waals surface area contributed by atoms with Gasteiger partial charge in [-0.3, -0.25) is 24.6 Å². The highest BCUT2D eigenvalue weighted by Crippen LogP contribution is 2.40. The molecule has 0 radical (unpaired) electrons. The maximum Gasteiger partial charge on any atom is 0.324 e. The van der Waals surface area contributed by atoms with Crippen molar-refractivity contribution < 1.29 is 34.1 Å². The Bertz CT molecular complexity index is 2390. The smallest absolute Gasteiger partial charge is 0.324 e. The number of carbonyl (C=O) groups is 4. The number of hydrogen-bond acceptors (Lipinski definition) is 12. The number of primary amides is 1. The molecule has 61 heavy (non-hydrogen) atoms. The van der Waals surface area contributed by atoms with Crippen molar-refractivity contribution in [1.82, 2.24) is 34.6 Å². The van der Waals surface area contributed by atoms with Crippen molar-refractivity contribution in [2.24, 2.45) is 5.73 Å². The molecular weight excluding hydrogens is 799 g/mol. The molecule has 2 atom stereocenters. The molecule has 2 saturated heterocycles. The second-order valence-corrected chi connectivity index (χ2v) is 18.8. The number of nitrogens with zero attached hydrogens (tertiary/aromatic N) is 7. The number of nitrogens with one attached hydrogen (secondary N) is 1. The van der Waals surface area contributed by atoms with Crippen LogP contribution in [-0.4, -0.2) is 120 Å². The monoisotopic (exact) mass is 851 g/mol. The van der Waals surface area contributed by atoms with E-state index in [2.05, 4.69) is 48.1 Å². The Hall–Kier alpha value is -5.65. The van der Waals surface area contributed by atoms with E-state index >= 15 is 0 Å². The zero-order valence-corrected chi connectivity index (χ0v) is 36.0. The molecule has 4 aliphatic rings.